The summed E-state index contributed by atoms with van der Waals surface area (Å²) < 4.78 is 12.2. The number of hydrazone groups is 1. The molecule has 0 aliphatic carbocycles. The van der Waals surface area contributed by atoms with Crippen molar-refractivity contribution >= 4 is 17.9 Å². The van der Waals surface area contributed by atoms with E-state index in [0.717, 1.165) is 11.1 Å². The van der Waals surface area contributed by atoms with Gasteiger partial charge in [0.2, 0.25) is 0 Å². The van der Waals surface area contributed by atoms with Crippen molar-refractivity contribution in [1.82, 2.24) is 5.01 Å². The van der Waals surface area contributed by atoms with Crippen molar-refractivity contribution in [2.45, 2.75) is 20.1 Å². The third kappa shape index (κ3) is 5.41. The molecule has 0 fully saturated rings. The van der Waals surface area contributed by atoms with Crippen molar-refractivity contribution in [2.24, 2.45) is 5.10 Å². The van der Waals surface area contributed by atoms with Crippen LogP contribution in [-0.4, -0.2) is 22.3 Å². The van der Waals surface area contributed by atoms with Crippen LogP contribution >= 0.6 is 0 Å². The van der Waals surface area contributed by atoms with Gasteiger partial charge in [0.05, 0.1) is 6.54 Å². The van der Waals surface area contributed by atoms with E-state index in [1.165, 1.54) is 5.01 Å². The number of aliphatic carboxylic acids is 1. The zero-order valence-corrected chi connectivity index (χ0v) is 18.2. The number of carboxylic acid groups (broad SMARTS) is 1. The second-order valence-corrected chi connectivity index (χ2v) is 6.89. The molecule has 0 atom stereocenters. The van der Waals surface area contributed by atoms with Gasteiger partial charge in [-0.15, -0.1) is 12.8 Å². The van der Waals surface area contributed by atoms with Crippen LogP contribution < -0.4 is 4.74 Å². The van der Waals surface area contributed by atoms with Crippen LogP contribution in [-0.2, 0) is 22.7 Å². The molecule has 1 aliphatic heterocycles. The summed E-state index contributed by atoms with van der Waals surface area (Å²) in [7, 11) is 0. The Balaban J connectivity index is 0.00000149. The minimum absolute atomic E-state index is 0.00149. The lowest BCUT2D eigenvalue weighted by Crippen LogP contribution is -2.29. The van der Waals surface area contributed by atoms with E-state index in [-0.39, 0.29) is 24.6 Å². The first-order valence-electron chi connectivity index (χ1n) is 10.3. The predicted octanol–water partition coefficient (Wildman–Crippen LogP) is 5.52. The first kappa shape index (κ1) is 23.2. The minimum Gasteiger partial charge on any atom is -0.486 e. The van der Waals surface area contributed by atoms with Gasteiger partial charge in [-0.2, -0.15) is 5.10 Å². The molecule has 0 aromatic heterocycles. The number of rotatable bonds is 7. The fraction of sp³-hybridized carbons (Fsp3) is 0.111. The van der Waals surface area contributed by atoms with Gasteiger partial charge in [-0.25, -0.2) is 4.79 Å². The van der Waals surface area contributed by atoms with Crippen molar-refractivity contribution in [3.8, 4) is 24.3 Å². The number of carbonyl (C=O) groups is 1. The van der Waals surface area contributed by atoms with Crippen molar-refractivity contribution in [2.75, 3.05) is 0 Å². The highest BCUT2D eigenvalue weighted by molar-refractivity contribution is 5.95. The van der Waals surface area contributed by atoms with E-state index in [1.807, 2.05) is 78.9 Å². The Morgan fingerprint density at radius 3 is 2.33 bits per heavy atom. The molecule has 0 radical (unpaired) electrons. The molecule has 4 rings (SSSR count). The van der Waals surface area contributed by atoms with Crippen molar-refractivity contribution in [3.05, 3.63) is 101 Å². The van der Waals surface area contributed by atoms with Crippen LogP contribution in [0, 0.1) is 12.8 Å². The van der Waals surface area contributed by atoms with Crippen molar-refractivity contribution in [1.29, 1.82) is 0 Å². The van der Waals surface area contributed by atoms with Crippen molar-refractivity contribution in [3.63, 3.8) is 0 Å². The SMILES string of the molecule is C#C.C/C=N\N1Cc2c(Oc3ccccc3)cccc2C(OCc2ccccc2)=C1C(=O)O. The van der Waals surface area contributed by atoms with Crippen LogP contribution in [0.1, 0.15) is 23.6 Å². The van der Waals surface area contributed by atoms with Crippen LogP contribution in [0.3, 0.4) is 0 Å². The largest absolute Gasteiger partial charge is 0.486 e. The van der Waals surface area contributed by atoms with Gasteiger partial charge in [0.25, 0.3) is 0 Å². The second kappa shape index (κ2) is 11.2. The fourth-order valence-corrected chi connectivity index (χ4v) is 3.45. The van der Waals surface area contributed by atoms with E-state index in [9.17, 15) is 9.90 Å². The summed E-state index contributed by atoms with van der Waals surface area (Å²) in [5.74, 6) is 0.488. The fourth-order valence-electron chi connectivity index (χ4n) is 3.45. The summed E-state index contributed by atoms with van der Waals surface area (Å²) >= 11 is 0. The van der Waals surface area contributed by atoms with Gasteiger partial charge in [0.15, 0.2) is 11.5 Å². The number of fused-ring (bicyclic) bond motifs is 1. The van der Waals surface area contributed by atoms with Gasteiger partial charge in [-0.05, 0) is 30.7 Å². The Bertz CT molecular complexity index is 1170. The van der Waals surface area contributed by atoms with Gasteiger partial charge < -0.3 is 14.6 Å². The third-order valence-electron chi connectivity index (χ3n) is 4.81. The predicted molar refractivity (Wildman–Crippen MR) is 128 cm³/mol. The minimum atomic E-state index is -1.10. The molecule has 1 aliphatic rings. The second-order valence-electron chi connectivity index (χ2n) is 6.89. The smallest absolute Gasteiger partial charge is 0.358 e. The summed E-state index contributed by atoms with van der Waals surface area (Å²) in [4.78, 5) is 12.2. The van der Waals surface area contributed by atoms with Gasteiger partial charge in [0.1, 0.15) is 18.1 Å². The van der Waals surface area contributed by atoms with Gasteiger partial charge in [-0.3, -0.25) is 5.01 Å². The molecular formula is C27H24N2O4. The lowest BCUT2D eigenvalue weighted by molar-refractivity contribution is -0.134. The van der Waals surface area contributed by atoms with Crippen molar-refractivity contribution < 1.29 is 19.4 Å². The number of para-hydroxylation sites is 1. The number of ether oxygens (including phenoxy) is 2. The van der Waals surface area contributed by atoms with Gasteiger partial charge in [-0.1, -0.05) is 60.7 Å². The Morgan fingerprint density at radius 1 is 1.03 bits per heavy atom. The Labute approximate surface area is 193 Å². The molecule has 0 spiro atoms. The first-order chi connectivity index (χ1) is 16.2. The van der Waals surface area contributed by atoms with Crippen LogP contribution in [0.2, 0.25) is 0 Å². The molecule has 0 unspecified atom stereocenters. The topological polar surface area (TPSA) is 71.4 Å². The lowest BCUT2D eigenvalue weighted by Gasteiger charge is -2.30. The third-order valence-corrected chi connectivity index (χ3v) is 4.81. The van der Waals surface area contributed by atoms with E-state index < -0.39 is 5.97 Å². The number of benzene rings is 3. The highest BCUT2D eigenvalue weighted by Crippen LogP contribution is 2.39. The van der Waals surface area contributed by atoms with Crippen LogP contribution in [0.4, 0.5) is 0 Å². The monoisotopic (exact) mass is 440 g/mol. The molecule has 6 heteroatoms. The molecule has 0 bridgehead atoms. The molecule has 0 amide bonds. The average molecular weight is 440 g/mol. The normalized spacial score (nSPS) is 12.5. The molecule has 3 aromatic carbocycles. The molecule has 33 heavy (non-hydrogen) atoms. The Hall–Kier alpha value is -4.50. The zero-order chi connectivity index (χ0) is 23.6. The Morgan fingerprint density at radius 2 is 1.70 bits per heavy atom. The molecule has 0 saturated heterocycles. The summed E-state index contributed by atoms with van der Waals surface area (Å²) in [5.41, 5.74) is 2.43. The highest BCUT2D eigenvalue weighted by Gasteiger charge is 2.32. The molecule has 1 N–H and O–H groups in total. The molecule has 0 saturated carbocycles. The number of nitrogens with zero attached hydrogens (tertiary/aromatic N) is 2. The summed E-state index contributed by atoms with van der Waals surface area (Å²) in [6.07, 6.45) is 9.56. The highest BCUT2D eigenvalue weighted by atomic mass is 16.5. The Kier molecular flexibility index (Phi) is 7.87. The van der Waals surface area contributed by atoms with E-state index >= 15 is 0 Å². The van der Waals surface area contributed by atoms with Crippen LogP contribution in [0.15, 0.2) is 89.7 Å². The quantitative estimate of drug-likeness (QED) is 0.387. The van der Waals surface area contributed by atoms with Crippen LogP contribution in [0.25, 0.3) is 5.76 Å². The number of hydrogen-bond donors (Lipinski definition) is 1. The number of terminal acetylenes is 1. The van der Waals surface area contributed by atoms with Crippen LogP contribution in [0.5, 0.6) is 11.5 Å². The maximum absolute atomic E-state index is 12.2. The lowest BCUT2D eigenvalue weighted by atomic mass is 9.99. The van der Waals surface area contributed by atoms with Gasteiger partial charge >= 0.3 is 5.97 Å². The maximum Gasteiger partial charge on any atom is 0.358 e. The molecule has 6 nitrogen and oxygen atoms in total. The van der Waals surface area contributed by atoms with Gasteiger partial charge in [0, 0.05) is 17.3 Å². The summed E-state index contributed by atoms with van der Waals surface area (Å²) in [6, 6.07) is 24.6. The number of hydrogen-bond acceptors (Lipinski definition) is 5. The standard InChI is InChI=1S/C25H22N2O4.C2H2/c1-2-26-27-16-21-20(14-9-15-22(21)31-19-12-7-4-8-13-19)24(23(27)25(28)29)30-17-18-10-5-3-6-11-18;1-2/h2-15H,16-17H2,1H3,(H,28,29);1-2H/b26-2-;. The zero-order valence-electron chi connectivity index (χ0n) is 18.2. The number of carboxylic acids is 1. The first-order valence-corrected chi connectivity index (χ1v) is 10.3. The molecule has 1 heterocycles. The maximum atomic E-state index is 12.2. The van der Waals surface area contributed by atoms with E-state index in [4.69, 9.17) is 9.47 Å². The van der Waals surface area contributed by atoms with E-state index in [2.05, 4.69) is 17.9 Å². The molecular weight excluding hydrogens is 416 g/mol. The van der Waals surface area contributed by atoms with E-state index in [0.29, 0.717) is 17.1 Å². The summed E-state index contributed by atoms with van der Waals surface area (Å²) in [5, 5.41) is 15.7. The van der Waals surface area contributed by atoms with E-state index in [1.54, 1.807) is 13.1 Å². The summed E-state index contributed by atoms with van der Waals surface area (Å²) in [6.45, 7) is 2.23. The molecule has 3 aromatic rings. The molecule has 166 valence electrons. The average Bonchev–Trinajstić information content (AvgIpc) is 2.85.